The Labute approximate surface area is 206 Å². The van der Waals surface area contributed by atoms with E-state index in [1.165, 1.54) is 23.9 Å². The third kappa shape index (κ3) is 6.24. The van der Waals surface area contributed by atoms with Crippen LogP contribution in [0.4, 0.5) is 4.39 Å². The lowest BCUT2D eigenvalue weighted by atomic mass is 10.2. The number of para-hydroxylation sites is 1. The molecule has 0 atom stereocenters. The molecule has 1 amide bonds. The van der Waals surface area contributed by atoms with Gasteiger partial charge < -0.3 is 5.32 Å². The summed E-state index contributed by atoms with van der Waals surface area (Å²) < 4.78 is 15.2. The number of hydrogen-bond donors (Lipinski definition) is 1. The Morgan fingerprint density at radius 1 is 1.03 bits per heavy atom. The van der Waals surface area contributed by atoms with Crippen molar-refractivity contribution in [3.8, 4) is 0 Å². The van der Waals surface area contributed by atoms with Crippen molar-refractivity contribution in [1.82, 2.24) is 14.9 Å². The number of aromatic nitrogens is 2. The second-order valence-electron chi connectivity index (χ2n) is 7.80. The second-order valence-corrected chi connectivity index (χ2v) is 9.18. The van der Waals surface area contributed by atoms with E-state index < -0.39 is 0 Å². The van der Waals surface area contributed by atoms with Crippen LogP contribution in [0.15, 0.2) is 82.7 Å². The molecular weight excluding hydrogens is 473 g/mol. The van der Waals surface area contributed by atoms with E-state index in [0.717, 1.165) is 11.1 Å². The molecule has 4 aromatic rings. The van der Waals surface area contributed by atoms with Crippen molar-refractivity contribution in [2.45, 2.75) is 36.8 Å². The van der Waals surface area contributed by atoms with E-state index in [2.05, 4.69) is 10.3 Å². The van der Waals surface area contributed by atoms with Crippen LogP contribution in [0.2, 0.25) is 5.02 Å². The zero-order valence-corrected chi connectivity index (χ0v) is 19.9. The van der Waals surface area contributed by atoms with Gasteiger partial charge >= 0.3 is 0 Å². The van der Waals surface area contributed by atoms with Crippen LogP contribution < -0.4 is 10.9 Å². The van der Waals surface area contributed by atoms with Gasteiger partial charge in [-0.2, -0.15) is 0 Å². The van der Waals surface area contributed by atoms with Gasteiger partial charge in [0.2, 0.25) is 5.91 Å². The van der Waals surface area contributed by atoms with Crippen molar-refractivity contribution >= 4 is 40.2 Å². The number of rotatable bonds is 9. The average Bonchev–Trinajstić information content (AvgIpc) is 2.83. The lowest BCUT2D eigenvalue weighted by molar-refractivity contribution is -0.121. The van der Waals surface area contributed by atoms with Crippen LogP contribution >= 0.6 is 23.4 Å². The number of nitrogens with one attached hydrogen (secondary N) is 1. The predicted molar refractivity (Wildman–Crippen MR) is 134 cm³/mol. The van der Waals surface area contributed by atoms with E-state index >= 15 is 0 Å². The molecule has 174 valence electrons. The molecule has 0 fully saturated rings. The molecule has 1 heterocycles. The van der Waals surface area contributed by atoms with Crippen LogP contribution in [0.3, 0.4) is 0 Å². The van der Waals surface area contributed by atoms with Gasteiger partial charge in [-0.15, -0.1) is 0 Å². The Bertz CT molecular complexity index is 1380. The predicted octanol–water partition coefficient (Wildman–Crippen LogP) is 5.58. The van der Waals surface area contributed by atoms with Gasteiger partial charge in [-0.1, -0.05) is 59.8 Å². The highest BCUT2D eigenvalue weighted by Gasteiger charge is 2.13. The Morgan fingerprint density at radius 3 is 2.65 bits per heavy atom. The van der Waals surface area contributed by atoms with Gasteiger partial charge in [0.1, 0.15) is 5.82 Å². The smallest absolute Gasteiger partial charge is 0.262 e. The summed E-state index contributed by atoms with van der Waals surface area (Å²) in [4.78, 5) is 30.2. The molecule has 8 heteroatoms. The van der Waals surface area contributed by atoms with Gasteiger partial charge in [0.25, 0.3) is 5.56 Å². The van der Waals surface area contributed by atoms with E-state index in [4.69, 9.17) is 11.6 Å². The summed E-state index contributed by atoms with van der Waals surface area (Å²) in [5, 5.41) is 4.58. The van der Waals surface area contributed by atoms with E-state index in [1.54, 1.807) is 34.9 Å². The minimum Gasteiger partial charge on any atom is -0.352 e. The summed E-state index contributed by atoms with van der Waals surface area (Å²) in [7, 11) is 0. The number of thioether (sulfide) groups is 1. The normalized spacial score (nSPS) is 11.0. The zero-order valence-electron chi connectivity index (χ0n) is 18.3. The maximum atomic E-state index is 13.6. The topological polar surface area (TPSA) is 64.0 Å². The largest absolute Gasteiger partial charge is 0.352 e. The molecule has 0 unspecified atom stereocenters. The van der Waals surface area contributed by atoms with Crippen molar-refractivity contribution in [3.63, 3.8) is 0 Å². The first-order valence-corrected chi connectivity index (χ1v) is 12.2. The molecule has 0 bridgehead atoms. The molecule has 0 saturated heterocycles. The van der Waals surface area contributed by atoms with Gasteiger partial charge in [-0.05, 0) is 53.9 Å². The molecule has 0 radical (unpaired) electrons. The summed E-state index contributed by atoms with van der Waals surface area (Å²) in [6.45, 7) is 0.748. The lowest BCUT2D eigenvalue weighted by Crippen LogP contribution is -2.26. The number of amides is 1. The van der Waals surface area contributed by atoms with Gasteiger partial charge in [-0.3, -0.25) is 14.2 Å². The molecule has 3 aromatic carbocycles. The third-order valence-electron chi connectivity index (χ3n) is 5.25. The fraction of sp³-hybridized carbons (Fsp3) is 0.192. The van der Waals surface area contributed by atoms with Crippen LogP contribution in [0.25, 0.3) is 10.9 Å². The molecule has 5 nitrogen and oxygen atoms in total. The summed E-state index contributed by atoms with van der Waals surface area (Å²) in [5.74, 6) is 0.0735. The van der Waals surface area contributed by atoms with E-state index in [1.807, 2.05) is 30.3 Å². The number of hydrogen-bond acceptors (Lipinski definition) is 4. The molecule has 0 aliphatic rings. The highest BCUT2D eigenvalue weighted by molar-refractivity contribution is 7.98. The van der Waals surface area contributed by atoms with Crippen LogP contribution in [0.1, 0.15) is 24.0 Å². The number of fused-ring (bicyclic) bond motifs is 1. The maximum absolute atomic E-state index is 13.6. The molecule has 0 saturated carbocycles. The minimum absolute atomic E-state index is 0.101. The standard InChI is InChI=1S/C26H23ClFN3O2S/c27-20-8-3-6-18(14-20)16-29-24(32)12-5-13-31-25(33)22-10-1-2-11-23(22)30-26(31)34-17-19-7-4-9-21(28)15-19/h1-4,6-11,14-15H,5,12-13,16-17H2,(H,29,32). The van der Waals surface area contributed by atoms with Crippen molar-refractivity contribution in [3.05, 3.63) is 105 Å². The number of carbonyl (C=O) groups excluding carboxylic acids is 1. The quantitative estimate of drug-likeness (QED) is 0.243. The monoisotopic (exact) mass is 495 g/mol. The zero-order chi connectivity index (χ0) is 23.9. The van der Waals surface area contributed by atoms with Crippen LogP contribution in [-0.4, -0.2) is 15.5 Å². The Kier molecular flexibility index (Phi) is 7.98. The molecule has 1 aromatic heterocycles. The summed E-state index contributed by atoms with van der Waals surface area (Å²) in [6, 6.07) is 20.9. The van der Waals surface area contributed by atoms with Crippen LogP contribution in [0, 0.1) is 5.82 Å². The van der Waals surface area contributed by atoms with Gasteiger partial charge in [-0.25, -0.2) is 9.37 Å². The summed E-state index contributed by atoms with van der Waals surface area (Å²) in [5.41, 5.74) is 2.20. The SMILES string of the molecule is O=C(CCCn1c(SCc2cccc(F)c2)nc2ccccc2c1=O)NCc1cccc(Cl)c1. The molecule has 1 N–H and O–H groups in total. The molecular formula is C26H23ClFN3O2S. The average molecular weight is 496 g/mol. The fourth-order valence-electron chi connectivity index (χ4n) is 3.56. The maximum Gasteiger partial charge on any atom is 0.262 e. The van der Waals surface area contributed by atoms with Crippen LogP contribution in [-0.2, 0) is 23.6 Å². The number of carbonyl (C=O) groups is 1. The van der Waals surface area contributed by atoms with E-state index in [0.29, 0.717) is 46.3 Å². The fourth-order valence-corrected chi connectivity index (χ4v) is 4.74. The first-order chi connectivity index (χ1) is 16.5. The highest BCUT2D eigenvalue weighted by Crippen LogP contribution is 2.23. The Morgan fingerprint density at radius 2 is 1.82 bits per heavy atom. The summed E-state index contributed by atoms with van der Waals surface area (Å²) >= 11 is 7.36. The van der Waals surface area contributed by atoms with Crippen molar-refractivity contribution in [2.75, 3.05) is 0 Å². The van der Waals surface area contributed by atoms with E-state index in [-0.39, 0.29) is 23.7 Å². The molecule has 0 aliphatic heterocycles. The Hall–Kier alpha value is -3.16. The number of nitrogens with zero attached hydrogens (tertiary/aromatic N) is 2. The molecule has 0 aliphatic carbocycles. The first kappa shape index (κ1) is 24.0. The van der Waals surface area contributed by atoms with E-state index in [9.17, 15) is 14.0 Å². The molecule has 4 rings (SSSR count). The molecule has 34 heavy (non-hydrogen) atoms. The van der Waals surface area contributed by atoms with Crippen molar-refractivity contribution in [1.29, 1.82) is 0 Å². The van der Waals surface area contributed by atoms with Gasteiger partial charge in [0.05, 0.1) is 10.9 Å². The summed E-state index contributed by atoms with van der Waals surface area (Å²) in [6.07, 6.45) is 0.753. The van der Waals surface area contributed by atoms with Crippen molar-refractivity contribution < 1.29 is 9.18 Å². The first-order valence-electron chi connectivity index (χ1n) is 10.9. The second kappa shape index (κ2) is 11.3. The third-order valence-corrected chi connectivity index (χ3v) is 6.53. The van der Waals surface area contributed by atoms with Crippen molar-refractivity contribution in [2.24, 2.45) is 0 Å². The number of halogens is 2. The lowest BCUT2D eigenvalue weighted by Gasteiger charge is -2.13. The minimum atomic E-state index is -0.300. The Balaban J connectivity index is 1.44. The van der Waals surface area contributed by atoms with Gasteiger partial charge in [0.15, 0.2) is 5.16 Å². The number of benzene rings is 3. The van der Waals surface area contributed by atoms with Crippen LogP contribution in [0.5, 0.6) is 0 Å². The highest BCUT2D eigenvalue weighted by atomic mass is 35.5. The molecule has 0 spiro atoms. The van der Waals surface area contributed by atoms with Gasteiger partial charge in [0, 0.05) is 30.3 Å².